The molecule has 0 spiro atoms. The predicted molar refractivity (Wildman–Crippen MR) is 136 cm³/mol. The van der Waals surface area contributed by atoms with Crippen LogP contribution in [-0.4, -0.2) is 49.0 Å². The van der Waals surface area contributed by atoms with Gasteiger partial charge in [0, 0.05) is 51.0 Å². The molecule has 0 unspecified atom stereocenters. The fraction of sp³-hybridized carbons (Fsp3) is 0.409. The molecule has 1 aliphatic heterocycles. The molecule has 0 bridgehead atoms. The van der Waals surface area contributed by atoms with Crippen LogP contribution in [0, 0.1) is 10.1 Å². The number of anilines is 1. The third kappa shape index (κ3) is 8.33. The van der Waals surface area contributed by atoms with E-state index in [-0.39, 0.29) is 29.7 Å². The van der Waals surface area contributed by atoms with E-state index < -0.39 is 4.92 Å². The number of likely N-dealkylation sites (tertiary alicyclic amines) is 1. The Kier molecular flexibility index (Phi) is 10.5. The second kappa shape index (κ2) is 13.1. The van der Waals surface area contributed by atoms with Gasteiger partial charge in [-0.1, -0.05) is 24.3 Å². The maximum absolute atomic E-state index is 10.7. The molecule has 31 heavy (non-hydrogen) atoms. The molecule has 9 heteroatoms. The lowest BCUT2D eigenvalue weighted by Crippen LogP contribution is -2.39. The molecule has 1 fully saturated rings. The molecule has 1 aliphatic rings. The molecule has 2 aromatic rings. The van der Waals surface area contributed by atoms with Crippen molar-refractivity contribution >= 4 is 41.3 Å². The minimum atomic E-state index is -0.401. The van der Waals surface area contributed by atoms with Crippen LogP contribution >= 0.6 is 24.0 Å². The molecule has 8 nitrogen and oxygen atoms in total. The molecule has 0 aliphatic carbocycles. The van der Waals surface area contributed by atoms with Gasteiger partial charge in [-0.3, -0.25) is 20.0 Å². The van der Waals surface area contributed by atoms with E-state index in [4.69, 9.17) is 0 Å². The molecule has 0 atom stereocenters. The Labute approximate surface area is 200 Å². The summed E-state index contributed by atoms with van der Waals surface area (Å²) < 4.78 is 0. The van der Waals surface area contributed by atoms with Crippen molar-refractivity contribution in [1.29, 1.82) is 0 Å². The van der Waals surface area contributed by atoms with Crippen LogP contribution in [0.4, 0.5) is 11.4 Å². The van der Waals surface area contributed by atoms with Crippen molar-refractivity contribution in [3.8, 4) is 0 Å². The van der Waals surface area contributed by atoms with E-state index in [0.29, 0.717) is 19.6 Å². The topological polar surface area (TPSA) is 94.8 Å². The summed E-state index contributed by atoms with van der Waals surface area (Å²) in [5.41, 5.74) is 3.51. The number of aliphatic imine (C=N–C) groups is 1. The molecule has 0 aromatic heterocycles. The van der Waals surface area contributed by atoms with Crippen molar-refractivity contribution in [3.05, 3.63) is 69.8 Å². The maximum Gasteiger partial charge on any atom is 0.269 e. The fourth-order valence-corrected chi connectivity index (χ4v) is 3.46. The lowest BCUT2D eigenvalue weighted by atomic mass is 10.1. The van der Waals surface area contributed by atoms with Gasteiger partial charge in [-0.25, -0.2) is 0 Å². The summed E-state index contributed by atoms with van der Waals surface area (Å²) >= 11 is 0. The van der Waals surface area contributed by atoms with Gasteiger partial charge < -0.3 is 16.0 Å². The van der Waals surface area contributed by atoms with Crippen LogP contribution in [0.25, 0.3) is 0 Å². The van der Waals surface area contributed by atoms with Crippen LogP contribution < -0.4 is 16.0 Å². The molecule has 0 saturated carbocycles. The number of nitrogens with one attached hydrogen (secondary N) is 3. The first-order valence-corrected chi connectivity index (χ1v) is 10.4. The number of hydrogen-bond donors (Lipinski definition) is 3. The third-order valence-electron chi connectivity index (χ3n) is 5.14. The molecular formula is C22H31IN6O2. The van der Waals surface area contributed by atoms with Gasteiger partial charge in [0.25, 0.3) is 5.69 Å². The summed E-state index contributed by atoms with van der Waals surface area (Å²) in [5.74, 6) is 0.738. The fourth-order valence-electron chi connectivity index (χ4n) is 3.46. The summed E-state index contributed by atoms with van der Waals surface area (Å²) in [6, 6.07) is 15.2. The van der Waals surface area contributed by atoms with Crippen molar-refractivity contribution < 1.29 is 4.92 Å². The molecule has 3 N–H and O–H groups in total. The van der Waals surface area contributed by atoms with E-state index in [1.54, 1.807) is 19.2 Å². The average molecular weight is 538 g/mol. The summed E-state index contributed by atoms with van der Waals surface area (Å²) in [4.78, 5) is 17.0. The highest BCUT2D eigenvalue weighted by Crippen LogP contribution is 2.15. The zero-order valence-electron chi connectivity index (χ0n) is 17.8. The van der Waals surface area contributed by atoms with Crippen LogP contribution in [0.1, 0.15) is 24.0 Å². The molecule has 1 heterocycles. The number of nitro benzene ring substituents is 1. The molecule has 2 aromatic carbocycles. The Morgan fingerprint density at radius 2 is 1.65 bits per heavy atom. The first-order chi connectivity index (χ1) is 14.6. The molecule has 168 valence electrons. The predicted octanol–water partition coefficient (Wildman–Crippen LogP) is 3.59. The average Bonchev–Trinajstić information content (AvgIpc) is 3.27. The van der Waals surface area contributed by atoms with Crippen LogP contribution in [0.3, 0.4) is 0 Å². The van der Waals surface area contributed by atoms with Gasteiger partial charge >= 0.3 is 0 Å². The molecular weight excluding hydrogens is 507 g/mol. The van der Waals surface area contributed by atoms with Crippen molar-refractivity contribution in [2.24, 2.45) is 4.99 Å². The monoisotopic (exact) mass is 538 g/mol. The van der Waals surface area contributed by atoms with Crippen molar-refractivity contribution in [2.45, 2.75) is 25.9 Å². The zero-order valence-corrected chi connectivity index (χ0v) is 20.2. The van der Waals surface area contributed by atoms with Crippen molar-refractivity contribution in [1.82, 2.24) is 15.5 Å². The highest BCUT2D eigenvalue weighted by molar-refractivity contribution is 14.0. The Balaban J connectivity index is 0.00000341. The molecule has 0 radical (unpaired) electrons. The van der Waals surface area contributed by atoms with Crippen LogP contribution in [0.5, 0.6) is 0 Å². The van der Waals surface area contributed by atoms with E-state index in [9.17, 15) is 10.1 Å². The Morgan fingerprint density at radius 1 is 1.00 bits per heavy atom. The Hall–Kier alpha value is -2.40. The minimum absolute atomic E-state index is 0. The second-order valence-electron chi connectivity index (χ2n) is 7.38. The Bertz CT molecular complexity index is 836. The highest BCUT2D eigenvalue weighted by atomic mass is 127. The smallest absolute Gasteiger partial charge is 0.269 e. The van der Waals surface area contributed by atoms with Gasteiger partial charge in [-0.2, -0.15) is 0 Å². The number of rotatable bonds is 9. The summed E-state index contributed by atoms with van der Waals surface area (Å²) in [5, 5.41) is 20.5. The number of nitrogens with zero attached hydrogens (tertiary/aromatic N) is 3. The molecule has 3 rings (SSSR count). The standard InChI is InChI=1S/C22H30N6O2.HI/c1-23-22(25-13-12-24-20-8-10-21(11-9-20)28(29)30)26-16-18-4-6-19(7-5-18)17-27-14-2-3-15-27;/h4-11,24H,2-3,12-17H2,1H3,(H2,23,25,26);1H. The van der Waals surface area contributed by atoms with Crippen molar-refractivity contribution in [2.75, 3.05) is 38.5 Å². The number of halogens is 1. The first-order valence-electron chi connectivity index (χ1n) is 10.4. The summed E-state index contributed by atoms with van der Waals surface area (Å²) in [7, 11) is 1.75. The SMILES string of the molecule is CN=C(NCCNc1ccc([N+](=O)[O-])cc1)NCc1ccc(CN2CCCC2)cc1.I. The normalized spacial score (nSPS) is 14.0. The van der Waals surface area contributed by atoms with Crippen LogP contribution in [-0.2, 0) is 13.1 Å². The quantitative estimate of drug-likeness (QED) is 0.113. The van der Waals surface area contributed by atoms with Gasteiger partial charge in [-0.15, -0.1) is 24.0 Å². The van der Waals surface area contributed by atoms with Gasteiger partial charge in [-0.05, 0) is 49.2 Å². The van der Waals surface area contributed by atoms with E-state index in [1.807, 2.05) is 0 Å². The van der Waals surface area contributed by atoms with Crippen LogP contribution in [0.15, 0.2) is 53.5 Å². The first kappa shape index (κ1) is 24.9. The van der Waals surface area contributed by atoms with Gasteiger partial charge in [0.05, 0.1) is 4.92 Å². The lowest BCUT2D eigenvalue weighted by Gasteiger charge is -2.15. The number of benzene rings is 2. The summed E-state index contributed by atoms with van der Waals surface area (Å²) in [6.45, 7) is 5.52. The second-order valence-corrected chi connectivity index (χ2v) is 7.38. The zero-order chi connectivity index (χ0) is 21.2. The largest absolute Gasteiger partial charge is 0.383 e. The van der Waals surface area contributed by atoms with E-state index >= 15 is 0 Å². The lowest BCUT2D eigenvalue weighted by molar-refractivity contribution is -0.384. The van der Waals surface area contributed by atoms with Gasteiger partial charge in [0.15, 0.2) is 5.96 Å². The molecule has 1 saturated heterocycles. The number of guanidine groups is 1. The van der Waals surface area contributed by atoms with Crippen molar-refractivity contribution in [3.63, 3.8) is 0 Å². The number of hydrogen-bond acceptors (Lipinski definition) is 5. The van der Waals surface area contributed by atoms with Gasteiger partial charge in [0.1, 0.15) is 0 Å². The van der Waals surface area contributed by atoms with E-state index in [1.165, 1.54) is 49.2 Å². The number of nitro groups is 1. The minimum Gasteiger partial charge on any atom is -0.383 e. The van der Waals surface area contributed by atoms with Gasteiger partial charge in [0.2, 0.25) is 0 Å². The Morgan fingerprint density at radius 3 is 2.26 bits per heavy atom. The highest BCUT2D eigenvalue weighted by Gasteiger charge is 2.11. The number of non-ortho nitro benzene ring substituents is 1. The third-order valence-corrected chi connectivity index (χ3v) is 5.14. The van der Waals surface area contributed by atoms with Crippen LogP contribution in [0.2, 0.25) is 0 Å². The maximum atomic E-state index is 10.7. The van der Waals surface area contributed by atoms with E-state index in [2.05, 4.69) is 50.1 Å². The summed E-state index contributed by atoms with van der Waals surface area (Å²) in [6.07, 6.45) is 2.63. The van der Waals surface area contributed by atoms with E-state index in [0.717, 1.165) is 18.2 Å². The molecule has 0 amide bonds.